The Hall–Kier alpha value is -1.36. The summed E-state index contributed by atoms with van der Waals surface area (Å²) >= 11 is 3.45. The molecule has 5 heteroatoms. The van der Waals surface area contributed by atoms with Crippen molar-refractivity contribution in [2.75, 3.05) is 6.54 Å². The molecule has 20 heavy (non-hydrogen) atoms. The van der Waals surface area contributed by atoms with E-state index in [-0.39, 0.29) is 17.9 Å². The Morgan fingerprint density at radius 1 is 1.35 bits per heavy atom. The molecular weight excluding hydrogens is 320 g/mol. The minimum Gasteiger partial charge on any atom is -0.342 e. The SMILES string of the molecule is CC(c1cccc(Br)c1)N1CCC(=O)NC(C)(C)C1=O. The Balaban J connectivity index is 2.30. The number of hydrogen-bond donors (Lipinski definition) is 1. The van der Waals surface area contributed by atoms with Crippen molar-refractivity contribution in [3.63, 3.8) is 0 Å². The van der Waals surface area contributed by atoms with E-state index in [1.807, 2.05) is 31.2 Å². The van der Waals surface area contributed by atoms with Crippen molar-refractivity contribution < 1.29 is 9.59 Å². The highest BCUT2D eigenvalue weighted by atomic mass is 79.9. The van der Waals surface area contributed by atoms with Gasteiger partial charge in [0.05, 0.1) is 6.04 Å². The molecule has 4 nitrogen and oxygen atoms in total. The van der Waals surface area contributed by atoms with Crippen molar-refractivity contribution in [2.45, 2.75) is 38.8 Å². The van der Waals surface area contributed by atoms with Gasteiger partial charge in [-0.25, -0.2) is 0 Å². The molecular formula is C15H19BrN2O2. The van der Waals surface area contributed by atoms with Crippen molar-refractivity contribution >= 4 is 27.7 Å². The van der Waals surface area contributed by atoms with Crippen LogP contribution in [0.1, 0.15) is 38.8 Å². The molecule has 1 aromatic rings. The Labute approximate surface area is 127 Å². The lowest BCUT2D eigenvalue weighted by molar-refractivity contribution is -0.139. The van der Waals surface area contributed by atoms with Gasteiger partial charge in [0.1, 0.15) is 5.54 Å². The van der Waals surface area contributed by atoms with Gasteiger partial charge in [0, 0.05) is 17.4 Å². The largest absolute Gasteiger partial charge is 0.342 e. The van der Waals surface area contributed by atoms with Crippen LogP contribution in [0.3, 0.4) is 0 Å². The lowest BCUT2D eigenvalue weighted by Crippen LogP contribution is -2.53. The van der Waals surface area contributed by atoms with Gasteiger partial charge in [-0.15, -0.1) is 0 Å². The van der Waals surface area contributed by atoms with E-state index in [0.717, 1.165) is 10.0 Å². The van der Waals surface area contributed by atoms with Crippen molar-refractivity contribution in [3.8, 4) is 0 Å². The molecule has 0 saturated carbocycles. The number of amides is 2. The van der Waals surface area contributed by atoms with Crippen molar-refractivity contribution in [3.05, 3.63) is 34.3 Å². The minimum absolute atomic E-state index is 0.0455. The van der Waals surface area contributed by atoms with Crippen LogP contribution in [0.25, 0.3) is 0 Å². The summed E-state index contributed by atoms with van der Waals surface area (Å²) in [6.45, 7) is 5.94. The summed E-state index contributed by atoms with van der Waals surface area (Å²) in [6, 6.07) is 7.84. The smallest absolute Gasteiger partial charge is 0.248 e. The summed E-state index contributed by atoms with van der Waals surface area (Å²) in [6.07, 6.45) is 0.341. The van der Waals surface area contributed by atoms with E-state index in [1.54, 1.807) is 18.7 Å². The summed E-state index contributed by atoms with van der Waals surface area (Å²) in [4.78, 5) is 26.1. The molecule has 1 saturated heterocycles. The second-order valence-corrected chi connectivity index (χ2v) is 6.57. The third-order valence-electron chi connectivity index (χ3n) is 3.63. The average Bonchev–Trinajstić information content (AvgIpc) is 2.46. The van der Waals surface area contributed by atoms with Crippen LogP contribution in [0.2, 0.25) is 0 Å². The molecule has 108 valence electrons. The Morgan fingerprint density at radius 2 is 2.05 bits per heavy atom. The second-order valence-electron chi connectivity index (χ2n) is 5.65. The average molecular weight is 339 g/mol. The zero-order valence-electron chi connectivity index (χ0n) is 11.9. The highest BCUT2D eigenvalue weighted by molar-refractivity contribution is 9.10. The molecule has 1 fully saturated rings. The molecule has 0 aromatic heterocycles. The molecule has 1 unspecified atom stereocenters. The molecule has 2 rings (SSSR count). The zero-order valence-corrected chi connectivity index (χ0v) is 13.5. The van der Waals surface area contributed by atoms with Crippen LogP contribution in [0.4, 0.5) is 0 Å². The topological polar surface area (TPSA) is 49.4 Å². The fourth-order valence-corrected chi connectivity index (χ4v) is 2.88. The summed E-state index contributed by atoms with van der Waals surface area (Å²) in [5, 5.41) is 2.78. The van der Waals surface area contributed by atoms with E-state index in [2.05, 4.69) is 21.2 Å². The first kappa shape index (κ1) is 15.0. The Bertz CT molecular complexity index is 542. The molecule has 1 atom stereocenters. The molecule has 1 aliphatic heterocycles. The van der Waals surface area contributed by atoms with E-state index >= 15 is 0 Å². The number of carbonyl (C=O) groups excluding carboxylic acids is 2. The zero-order chi connectivity index (χ0) is 14.9. The van der Waals surface area contributed by atoms with E-state index in [9.17, 15) is 9.59 Å². The van der Waals surface area contributed by atoms with Crippen LogP contribution in [-0.2, 0) is 9.59 Å². The fraction of sp³-hybridized carbons (Fsp3) is 0.467. The molecule has 1 aliphatic rings. The third-order valence-corrected chi connectivity index (χ3v) is 4.12. The highest BCUT2D eigenvalue weighted by Gasteiger charge is 2.38. The molecule has 0 spiro atoms. The molecule has 1 N–H and O–H groups in total. The monoisotopic (exact) mass is 338 g/mol. The maximum atomic E-state index is 12.6. The van der Waals surface area contributed by atoms with Crippen molar-refractivity contribution in [2.24, 2.45) is 0 Å². The van der Waals surface area contributed by atoms with Crippen LogP contribution < -0.4 is 5.32 Å². The van der Waals surface area contributed by atoms with Gasteiger partial charge in [-0.05, 0) is 38.5 Å². The van der Waals surface area contributed by atoms with Crippen molar-refractivity contribution in [1.82, 2.24) is 10.2 Å². The summed E-state index contributed by atoms with van der Waals surface area (Å²) in [5.74, 6) is -0.122. The number of hydrogen-bond acceptors (Lipinski definition) is 2. The van der Waals surface area contributed by atoms with Gasteiger partial charge in [-0.1, -0.05) is 28.1 Å². The third kappa shape index (κ3) is 3.03. The summed E-state index contributed by atoms with van der Waals surface area (Å²) in [5.41, 5.74) is 0.200. The second kappa shape index (κ2) is 5.56. The predicted molar refractivity (Wildman–Crippen MR) is 81.1 cm³/mol. The van der Waals surface area contributed by atoms with E-state index in [0.29, 0.717) is 13.0 Å². The van der Waals surface area contributed by atoms with E-state index < -0.39 is 5.54 Å². The lowest BCUT2D eigenvalue weighted by Gasteiger charge is -2.33. The summed E-state index contributed by atoms with van der Waals surface area (Å²) < 4.78 is 0.984. The summed E-state index contributed by atoms with van der Waals surface area (Å²) in [7, 11) is 0. The Morgan fingerprint density at radius 3 is 2.70 bits per heavy atom. The Kier molecular flexibility index (Phi) is 4.18. The van der Waals surface area contributed by atoms with Gasteiger partial charge >= 0.3 is 0 Å². The van der Waals surface area contributed by atoms with Crippen LogP contribution >= 0.6 is 15.9 Å². The number of nitrogens with one attached hydrogen (secondary N) is 1. The number of benzene rings is 1. The molecule has 2 amide bonds. The highest BCUT2D eigenvalue weighted by Crippen LogP contribution is 2.27. The van der Waals surface area contributed by atoms with Gasteiger partial charge in [0.2, 0.25) is 11.8 Å². The van der Waals surface area contributed by atoms with Gasteiger partial charge in [0.15, 0.2) is 0 Å². The lowest BCUT2D eigenvalue weighted by atomic mass is 10.0. The maximum Gasteiger partial charge on any atom is 0.248 e. The van der Waals surface area contributed by atoms with Gasteiger partial charge in [-0.3, -0.25) is 9.59 Å². The minimum atomic E-state index is -0.853. The fourth-order valence-electron chi connectivity index (χ4n) is 2.46. The quantitative estimate of drug-likeness (QED) is 0.901. The number of rotatable bonds is 2. The van der Waals surface area contributed by atoms with Gasteiger partial charge in [-0.2, -0.15) is 0 Å². The van der Waals surface area contributed by atoms with Gasteiger partial charge < -0.3 is 10.2 Å². The van der Waals surface area contributed by atoms with Gasteiger partial charge in [0.25, 0.3) is 0 Å². The van der Waals surface area contributed by atoms with Crippen LogP contribution in [0, 0.1) is 0 Å². The van der Waals surface area contributed by atoms with Crippen LogP contribution in [-0.4, -0.2) is 28.8 Å². The number of nitrogens with zero attached hydrogens (tertiary/aromatic N) is 1. The van der Waals surface area contributed by atoms with Crippen LogP contribution in [0.5, 0.6) is 0 Å². The van der Waals surface area contributed by atoms with Crippen molar-refractivity contribution in [1.29, 1.82) is 0 Å². The van der Waals surface area contributed by atoms with E-state index in [1.165, 1.54) is 0 Å². The van der Waals surface area contributed by atoms with Crippen LogP contribution in [0.15, 0.2) is 28.7 Å². The molecule has 0 bridgehead atoms. The van der Waals surface area contributed by atoms with E-state index in [4.69, 9.17) is 0 Å². The number of carbonyl (C=O) groups is 2. The number of halogens is 1. The predicted octanol–water partition coefficient (Wildman–Crippen LogP) is 2.64. The first-order valence-corrected chi connectivity index (χ1v) is 7.48. The standard InChI is InChI=1S/C15H19BrN2O2/c1-10(11-5-4-6-12(16)9-11)18-8-7-13(19)17-15(2,3)14(18)20/h4-6,9-10H,7-8H2,1-3H3,(H,17,19). The maximum absolute atomic E-state index is 12.6. The normalized spacial score (nSPS) is 20.3. The molecule has 0 aliphatic carbocycles. The first-order valence-electron chi connectivity index (χ1n) is 6.69. The molecule has 1 aromatic carbocycles. The molecule has 1 heterocycles. The molecule has 0 radical (unpaired) electrons. The first-order chi connectivity index (χ1) is 9.31.